The second kappa shape index (κ2) is 12.6. The molecule has 0 N–H and O–H groups in total. The summed E-state index contributed by atoms with van der Waals surface area (Å²) in [5.74, 6) is 2.99. The second-order valence-electron chi connectivity index (χ2n) is 8.87. The number of benzene rings is 3. The average molecular weight is 677 g/mol. The predicted octanol–water partition coefficient (Wildman–Crippen LogP) is 4.56. The molecule has 41 heavy (non-hydrogen) atoms. The minimum atomic E-state index is -0.724. The molecular weight excluding hydrogens is 651 g/mol. The summed E-state index contributed by atoms with van der Waals surface area (Å²) in [6.07, 6.45) is 7.15. The lowest BCUT2D eigenvalue weighted by molar-refractivity contribution is -0.138. The summed E-state index contributed by atoms with van der Waals surface area (Å²) in [5.41, 5.74) is 2.81. The van der Waals surface area contributed by atoms with Crippen LogP contribution in [0, 0.1) is 15.9 Å². The quantitative estimate of drug-likeness (QED) is 0.156. The summed E-state index contributed by atoms with van der Waals surface area (Å²) in [6, 6.07) is 21.9. The van der Waals surface area contributed by atoms with Crippen molar-refractivity contribution in [2.45, 2.75) is 13.0 Å². The summed E-state index contributed by atoms with van der Waals surface area (Å²) in [5, 5.41) is 0. The minimum absolute atomic E-state index is 0.107. The number of thiazole rings is 1. The van der Waals surface area contributed by atoms with E-state index in [9.17, 15) is 9.59 Å². The number of carbonyl (C=O) groups is 1. The van der Waals surface area contributed by atoms with E-state index in [4.69, 9.17) is 25.6 Å². The van der Waals surface area contributed by atoms with Gasteiger partial charge in [0, 0.05) is 5.56 Å². The first-order valence-electron chi connectivity index (χ1n) is 12.7. The lowest BCUT2D eigenvalue weighted by Crippen LogP contribution is -2.40. The first-order valence-corrected chi connectivity index (χ1v) is 14.6. The molecule has 0 unspecified atom stereocenters. The van der Waals surface area contributed by atoms with E-state index in [2.05, 4.69) is 28.5 Å². The van der Waals surface area contributed by atoms with Crippen LogP contribution in [0.15, 0.2) is 88.2 Å². The highest BCUT2D eigenvalue weighted by Gasteiger charge is 2.35. The summed E-state index contributed by atoms with van der Waals surface area (Å²) < 4.78 is 19.5. The molecule has 9 heteroatoms. The topological polar surface area (TPSA) is 79.1 Å². The van der Waals surface area contributed by atoms with Crippen LogP contribution in [0.3, 0.4) is 0 Å². The number of hydrogen-bond acceptors (Lipinski definition) is 7. The lowest BCUT2D eigenvalue weighted by Gasteiger charge is -2.25. The largest absolute Gasteiger partial charge is 0.493 e. The molecule has 3 aromatic carbocycles. The van der Waals surface area contributed by atoms with E-state index in [-0.39, 0.29) is 18.8 Å². The van der Waals surface area contributed by atoms with E-state index < -0.39 is 12.0 Å². The molecule has 1 aromatic heterocycles. The van der Waals surface area contributed by atoms with Crippen LogP contribution in [0.25, 0.3) is 11.8 Å². The normalized spacial score (nSPS) is 14.6. The number of halogens is 1. The Kier molecular flexibility index (Phi) is 8.71. The van der Waals surface area contributed by atoms with Gasteiger partial charge in [-0.1, -0.05) is 77.9 Å². The van der Waals surface area contributed by atoms with Gasteiger partial charge in [-0.05, 0) is 58.9 Å². The van der Waals surface area contributed by atoms with Crippen LogP contribution >= 0.6 is 33.9 Å². The van der Waals surface area contributed by atoms with Gasteiger partial charge in [-0.25, -0.2) is 9.79 Å². The molecule has 1 atom stereocenters. The fourth-order valence-electron chi connectivity index (χ4n) is 4.62. The molecule has 4 aromatic rings. The van der Waals surface area contributed by atoms with Gasteiger partial charge in [0.1, 0.15) is 6.61 Å². The molecule has 0 bridgehead atoms. The molecule has 0 radical (unpaired) electrons. The smallest absolute Gasteiger partial charge is 0.338 e. The Morgan fingerprint density at radius 3 is 2.51 bits per heavy atom. The van der Waals surface area contributed by atoms with Crippen LogP contribution in [0.4, 0.5) is 0 Å². The molecule has 0 aliphatic carbocycles. The Hall–Kier alpha value is -4.14. The van der Waals surface area contributed by atoms with Crippen molar-refractivity contribution in [3.8, 4) is 23.8 Å². The van der Waals surface area contributed by atoms with Crippen LogP contribution in [0.2, 0.25) is 0 Å². The van der Waals surface area contributed by atoms with Crippen molar-refractivity contribution in [1.82, 2.24) is 4.57 Å². The number of esters is 1. The van der Waals surface area contributed by atoms with Gasteiger partial charge in [-0.2, -0.15) is 0 Å². The summed E-state index contributed by atoms with van der Waals surface area (Å²) in [6.45, 7) is 2.06. The molecule has 0 saturated heterocycles. The Bertz CT molecular complexity index is 1850. The molecule has 7 nitrogen and oxygen atoms in total. The number of hydrogen-bond donors (Lipinski definition) is 0. The van der Waals surface area contributed by atoms with Crippen molar-refractivity contribution < 1.29 is 19.0 Å². The third-order valence-corrected chi connectivity index (χ3v) is 8.12. The number of methoxy groups -OCH3 is 1. The number of terminal acetylenes is 1. The summed E-state index contributed by atoms with van der Waals surface area (Å²) in [7, 11) is 1.55. The molecule has 0 spiro atoms. The number of ether oxygens (including phenoxy) is 3. The molecule has 5 rings (SSSR count). The van der Waals surface area contributed by atoms with Crippen molar-refractivity contribution in [1.29, 1.82) is 0 Å². The molecule has 1 aliphatic rings. The van der Waals surface area contributed by atoms with Crippen molar-refractivity contribution >= 4 is 51.7 Å². The zero-order valence-corrected chi connectivity index (χ0v) is 25.3. The van der Waals surface area contributed by atoms with E-state index >= 15 is 0 Å². The fraction of sp³-hybridized carbons (Fsp3) is 0.156. The highest BCUT2D eigenvalue weighted by Crippen LogP contribution is 2.36. The van der Waals surface area contributed by atoms with E-state index in [0.29, 0.717) is 32.1 Å². The van der Waals surface area contributed by atoms with E-state index in [1.54, 1.807) is 30.7 Å². The summed E-state index contributed by atoms with van der Waals surface area (Å²) >= 11 is 3.41. The fourth-order valence-corrected chi connectivity index (χ4v) is 6.40. The number of aromatic nitrogens is 1. The number of rotatable bonds is 8. The van der Waals surface area contributed by atoms with E-state index in [0.717, 1.165) is 20.3 Å². The maximum absolute atomic E-state index is 14.0. The van der Waals surface area contributed by atoms with Crippen LogP contribution < -0.4 is 24.4 Å². The maximum atomic E-state index is 14.0. The maximum Gasteiger partial charge on any atom is 0.338 e. The van der Waals surface area contributed by atoms with Gasteiger partial charge in [0.25, 0.3) is 5.56 Å². The Labute approximate surface area is 254 Å². The van der Waals surface area contributed by atoms with Crippen molar-refractivity contribution in [2.75, 3.05) is 20.3 Å². The molecular formula is C32H25IN2O5S. The molecule has 0 fully saturated rings. The summed E-state index contributed by atoms with van der Waals surface area (Å²) in [4.78, 5) is 32.9. The molecule has 206 valence electrons. The average Bonchev–Trinajstić information content (AvgIpc) is 3.30. The number of carbonyl (C=O) groups excluding carboxylic acids is 1. The number of nitrogens with zero attached hydrogens (tertiary/aromatic N) is 2. The van der Waals surface area contributed by atoms with Crippen LogP contribution in [-0.4, -0.2) is 30.9 Å². The van der Waals surface area contributed by atoms with Crippen LogP contribution in [0.5, 0.6) is 11.5 Å². The Morgan fingerprint density at radius 1 is 1.15 bits per heavy atom. The molecule has 2 heterocycles. The van der Waals surface area contributed by atoms with Gasteiger partial charge >= 0.3 is 5.97 Å². The van der Waals surface area contributed by atoms with Gasteiger partial charge in [0.05, 0.1) is 39.1 Å². The van der Waals surface area contributed by atoms with E-state index in [1.165, 1.54) is 11.3 Å². The van der Waals surface area contributed by atoms with Gasteiger partial charge in [0.2, 0.25) is 0 Å². The second-order valence-corrected chi connectivity index (χ2v) is 11.0. The highest BCUT2D eigenvalue weighted by atomic mass is 127. The Morgan fingerprint density at radius 2 is 1.85 bits per heavy atom. The van der Waals surface area contributed by atoms with E-state index in [1.807, 2.05) is 66.7 Å². The first kappa shape index (κ1) is 28.4. The highest BCUT2D eigenvalue weighted by molar-refractivity contribution is 14.1. The molecule has 1 aliphatic heterocycles. The van der Waals surface area contributed by atoms with Crippen molar-refractivity contribution in [3.05, 3.63) is 118 Å². The standard InChI is InChI=1S/C32H25IN2O5S/c1-4-16-40-29-23(33)17-20(18-24(29)38-3)19-25-30(36)35-28(22-14-10-7-11-15-22)26(31(37)39-5-2)27(34-32(35)41-25)21-12-8-6-9-13-21/h1,6-15,17-19,28H,5,16H2,2-3H3/b25-19-/t28-/m0/s1. The number of fused-ring (bicyclic) bond motifs is 1. The van der Waals surface area contributed by atoms with Gasteiger partial charge in [0.15, 0.2) is 16.3 Å². The van der Waals surface area contributed by atoms with Crippen molar-refractivity contribution in [3.63, 3.8) is 0 Å². The molecule has 0 amide bonds. The molecule has 0 saturated carbocycles. The van der Waals surface area contributed by atoms with Crippen molar-refractivity contribution in [2.24, 2.45) is 4.99 Å². The van der Waals surface area contributed by atoms with Gasteiger partial charge in [-0.3, -0.25) is 9.36 Å². The zero-order chi connectivity index (χ0) is 28.9. The monoisotopic (exact) mass is 676 g/mol. The van der Waals surface area contributed by atoms with Crippen LogP contribution in [-0.2, 0) is 9.53 Å². The minimum Gasteiger partial charge on any atom is -0.493 e. The first-order chi connectivity index (χ1) is 20.0. The SMILES string of the molecule is C#CCOc1c(I)cc(/C=c2\sc3n(c2=O)[C@@H](c2ccccc2)C(C(=O)OCC)=C(c2ccccc2)N=3)cc1OC. The third kappa shape index (κ3) is 5.71. The predicted molar refractivity (Wildman–Crippen MR) is 168 cm³/mol. The Balaban J connectivity index is 1.76. The third-order valence-electron chi connectivity index (χ3n) is 6.34. The van der Waals surface area contributed by atoms with Crippen LogP contribution in [0.1, 0.15) is 29.7 Å². The van der Waals surface area contributed by atoms with Gasteiger partial charge < -0.3 is 14.2 Å². The lowest BCUT2D eigenvalue weighted by atomic mass is 9.93. The van der Waals surface area contributed by atoms with Gasteiger partial charge in [-0.15, -0.1) is 6.42 Å². The zero-order valence-electron chi connectivity index (χ0n) is 22.3.